The Kier molecular flexibility index (Phi) is 4.47. The summed E-state index contributed by atoms with van der Waals surface area (Å²) in [7, 11) is 0. The molecule has 0 fully saturated rings. The van der Waals surface area contributed by atoms with E-state index in [0.29, 0.717) is 18.0 Å². The van der Waals surface area contributed by atoms with Gasteiger partial charge in [-0.1, -0.05) is 13.8 Å². The van der Waals surface area contributed by atoms with Gasteiger partial charge in [-0.3, -0.25) is 0 Å². The summed E-state index contributed by atoms with van der Waals surface area (Å²) < 4.78 is 0. The molecule has 4 heteroatoms. The largest absolute Gasteiger partial charge is 0.364 e. The third kappa shape index (κ3) is 4.04. The third-order valence-electron chi connectivity index (χ3n) is 2.63. The van der Waals surface area contributed by atoms with Gasteiger partial charge in [0.25, 0.3) is 0 Å². The van der Waals surface area contributed by atoms with Crippen molar-refractivity contribution in [2.24, 2.45) is 11.7 Å². The summed E-state index contributed by atoms with van der Waals surface area (Å²) in [5.41, 5.74) is 6.22. The number of nitrogens with two attached hydrogens (primary N) is 1. The highest BCUT2D eigenvalue weighted by Crippen LogP contribution is 2.20. The van der Waals surface area contributed by atoms with Gasteiger partial charge >= 0.3 is 0 Å². The lowest BCUT2D eigenvalue weighted by atomic mass is 9.91. The number of anilines is 1. The highest BCUT2D eigenvalue weighted by atomic mass is 15.1. The molecular weight excluding hydrogens is 212 g/mol. The molecule has 1 unspecified atom stereocenters. The molecule has 1 rings (SSSR count). The molecule has 17 heavy (non-hydrogen) atoms. The van der Waals surface area contributed by atoms with Crippen molar-refractivity contribution in [2.45, 2.75) is 32.7 Å². The Morgan fingerprint density at radius 2 is 2.24 bits per heavy atom. The molecule has 0 saturated heterocycles. The Hall–Kier alpha value is -1.60. The van der Waals surface area contributed by atoms with Gasteiger partial charge in [0.15, 0.2) is 0 Å². The molecule has 0 aliphatic rings. The lowest BCUT2D eigenvalue weighted by Gasteiger charge is -2.31. The molecule has 3 N–H and O–H groups in total. The normalized spacial score (nSPS) is 14.1. The number of nitriles is 1. The lowest BCUT2D eigenvalue weighted by molar-refractivity contribution is 0.406. The third-order valence-corrected chi connectivity index (χ3v) is 2.63. The van der Waals surface area contributed by atoms with E-state index in [4.69, 9.17) is 11.0 Å². The van der Waals surface area contributed by atoms with E-state index in [0.717, 1.165) is 12.2 Å². The smallest absolute Gasteiger partial charge is 0.126 e. The Morgan fingerprint density at radius 1 is 1.53 bits per heavy atom. The predicted molar refractivity (Wildman–Crippen MR) is 69.5 cm³/mol. The van der Waals surface area contributed by atoms with E-state index in [-0.39, 0.29) is 5.54 Å². The first-order valence-corrected chi connectivity index (χ1v) is 5.83. The van der Waals surface area contributed by atoms with Crippen LogP contribution in [-0.4, -0.2) is 17.1 Å². The molecule has 1 atom stereocenters. The fraction of sp³-hybridized carbons (Fsp3) is 0.538. The lowest BCUT2D eigenvalue weighted by Crippen LogP contribution is -2.43. The summed E-state index contributed by atoms with van der Waals surface area (Å²) in [5.74, 6) is 1.33. The highest BCUT2D eigenvalue weighted by Gasteiger charge is 2.23. The Bertz CT molecular complexity index is 391. The summed E-state index contributed by atoms with van der Waals surface area (Å²) in [6, 6.07) is 5.61. The van der Waals surface area contributed by atoms with Crippen LogP contribution < -0.4 is 11.1 Å². The molecule has 1 aromatic rings. The van der Waals surface area contributed by atoms with E-state index in [1.54, 1.807) is 12.3 Å². The van der Waals surface area contributed by atoms with Crippen molar-refractivity contribution in [1.29, 1.82) is 5.26 Å². The van der Waals surface area contributed by atoms with Crippen molar-refractivity contribution in [3.05, 3.63) is 23.9 Å². The molecule has 0 aliphatic heterocycles. The molecule has 92 valence electrons. The van der Waals surface area contributed by atoms with Gasteiger partial charge in [0.2, 0.25) is 0 Å². The van der Waals surface area contributed by atoms with Crippen LogP contribution >= 0.6 is 0 Å². The van der Waals surface area contributed by atoms with E-state index < -0.39 is 0 Å². The molecule has 0 saturated carbocycles. The molecule has 1 heterocycles. The first-order chi connectivity index (χ1) is 7.99. The SMILES string of the molecule is CC(C)CC(C)(CN)Nc1ccc(C#N)cn1. The van der Waals surface area contributed by atoms with Crippen molar-refractivity contribution in [1.82, 2.24) is 4.98 Å². The topological polar surface area (TPSA) is 74.7 Å². The van der Waals surface area contributed by atoms with Gasteiger partial charge in [-0.2, -0.15) is 5.26 Å². The number of nitrogens with zero attached hydrogens (tertiary/aromatic N) is 2. The fourth-order valence-corrected chi connectivity index (χ4v) is 1.93. The van der Waals surface area contributed by atoms with Crippen LogP contribution in [0.5, 0.6) is 0 Å². The van der Waals surface area contributed by atoms with Crippen molar-refractivity contribution >= 4 is 5.82 Å². The second-order valence-electron chi connectivity index (χ2n) is 5.03. The van der Waals surface area contributed by atoms with Crippen molar-refractivity contribution in [3.63, 3.8) is 0 Å². The van der Waals surface area contributed by atoms with Crippen LogP contribution in [0.4, 0.5) is 5.82 Å². The molecule has 0 radical (unpaired) electrons. The minimum atomic E-state index is -0.157. The highest BCUT2D eigenvalue weighted by molar-refractivity contribution is 5.41. The van der Waals surface area contributed by atoms with Gasteiger partial charge in [-0.05, 0) is 31.4 Å². The van der Waals surface area contributed by atoms with Crippen molar-refractivity contribution < 1.29 is 0 Å². The number of aromatic nitrogens is 1. The molecule has 0 spiro atoms. The Labute approximate surface area is 103 Å². The first kappa shape index (κ1) is 13.5. The average Bonchev–Trinajstić information content (AvgIpc) is 2.29. The number of nitrogens with one attached hydrogen (secondary N) is 1. The maximum atomic E-state index is 8.70. The van der Waals surface area contributed by atoms with Crippen LogP contribution in [0.1, 0.15) is 32.8 Å². The van der Waals surface area contributed by atoms with Gasteiger partial charge in [0.1, 0.15) is 11.9 Å². The minimum absolute atomic E-state index is 0.157. The molecule has 0 bridgehead atoms. The summed E-state index contributed by atoms with van der Waals surface area (Å²) in [4.78, 5) is 4.20. The molecule has 0 amide bonds. The van der Waals surface area contributed by atoms with E-state index in [9.17, 15) is 0 Å². The molecule has 4 nitrogen and oxygen atoms in total. The Balaban J connectivity index is 2.76. The zero-order valence-corrected chi connectivity index (χ0v) is 10.7. The molecular formula is C13H20N4. The summed E-state index contributed by atoms with van der Waals surface area (Å²) in [6.07, 6.45) is 2.54. The number of rotatable bonds is 5. The van der Waals surface area contributed by atoms with E-state index in [1.807, 2.05) is 12.1 Å². The van der Waals surface area contributed by atoms with Gasteiger partial charge in [-0.15, -0.1) is 0 Å². The van der Waals surface area contributed by atoms with Crippen LogP contribution in [0.3, 0.4) is 0 Å². The first-order valence-electron chi connectivity index (χ1n) is 5.83. The van der Waals surface area contributed by atoms with Crippen molar-refractivity contribution in [3.8, 4) is 6.07 Å². The molecule has 0 aromatic carbocycles. The number of hydrogen-bond donors (Lipinski definition) is 2. The monoisotopic (exact) mass is 232 g/mol. The van der Waals surface area contributed by atoms with E-state index in [1.165, 1.54) is 0 Å². The zero-order valence-electron chi connectivity index (χ0n) is 10.7. The fourth-order valence-electron chi connectivity index (χ4n) is 1.93. The average molecular weight is 232 g/mol. The van der Waals surface area contributed by atoms with Crippen LogP contribution in [0.25, 0.3) is 0 Å². The van der Waals surface area contributed by atoms with Crippen LogP contribution in [0, 0.1) is 17.2 Å². The molecule has 0 aliphatic carbocycles. The standard InChI is InChI=1S/C13H20N4/c1-10(2)6-13(3,9-15)17-12-5-4-11(7-14)8-16-12/h4-5,8,10H,6,9,15H2,1-3H3,(H,16,17). The van der Waals surface area contributed by atoms with Crippen LogP contribution in [-0.2, 0) is 0 Å². The number of pyridine rings is 1. The van der Waals surface area contributed by atoms with Gasteiger partial charge in [-0.25, -0.2) is 4.98 Å². The van der Waals surface area contributed by atoms with E-state index >= 15 is 0 Å². The minimum Gasteiger partial charge on any atom is -0.364 e. The van der Waals surface area contributed by atoms with E-state index in [2.05, 4.69) is 31.1 Å². The summed E-state index contributed by atoms with van der Waals surface area (Å²) in [6.45, 7) is 6.98. The second kappa shape index (κ2) is 5.65. The quantitative estimate of drug-likeness (QED) is 0.815. The van der Waals surface area contributed by atoms with Gasteiger partial charge in [0, 0.05) is 18.3 Å². The van der Waals surface area contributed by atoms with Crippen molar-refractivity contribution in [2.75, 3.05) is 11.9 Å². The summed E-state index contributed by atoms with van der Waals surface area (Å²) >= 11 is 0. The summed E-state index contributed by atoms with van der Waals surface area (Å²) in [5, 5.41) is 12.0. The number of hydrogen-bond acceptors (Lipinski definition) is 4. The Morgan fingerprint density at radius 3 is 2.65 bits per heavy atom. The predicted octanol–water partition coefficient (Wildman–Crippen LogP) is 2.13. The maximum Gasteiger partial charge on any atom is 0.126 e. The van der Waals surface area contributed by atoms with Crippen LogP contribution in [0.15, 0.2) is 18.3 Å². The van der Waals surface area contributed by atoms with Gasteiger partial charge in [0.05, 0.1) is 5.56 Å². The van der Waals surface area contributed by atoms with Crippen LogP contribution in [0.2, 0.25) is 0 Å². The molecule has 1 aromatic heterocycles. The maximum absolute atomic E-state index is 8.70. The van der Waals surface area contributed by atoms with Gasteiger partial charge < -0.3 is 11.1 Å². The zero-order chi connectivity index (χ0) is 12.9. The second-order valence-corrected chi connectivity index (χ2v) is 5.03.